The van der Waals surface area contributed by atoms with Crippen LogP contribution in [0.3, 0.4) is 0 Å². The van der Waals surface area contributed by atoms with Crippen LogP contribution in [0.5, 0.6) is 0 Å². The second kappa shape index (κ2) is 14.5. The fourth-order valence-electron chi connectivity index (χ4n) is 6.07. The summed E-state index contributed by atoms with van der Waals surface area (Å²) in [5.41, 5.74) is -0.342. The molecule has 2 bridgehead atoms. The smallest absolute Gasteiger partial charge is 0.333 e. The number of unbranched alkanes of at least 4 members (excludes halogenated alkanes) is 11. The van der Waals surface area contributed by atoms with Gasteiger partial charge >= 0.3 is 5.97 Å². The van der Waals surface area contributed by atoms with E-state index in [0.717, 1.165) is 19.3 Å². The first kappa shape index (κ1) is 30.0. The highest BCUT2D eigenvalue weighted by Crippen LogP contribution is 2.61. The standard InChI is InChI=1S/C30H53NO4/c1-6-8-9-10-11-12-13-14-15-16-17-18-19-20-24(32)27(28(33)35-7-2)31-26-22-23-21-25(29(23,3)4)30(26,5)34/h19-20,23-25,27,32,34H,6-18,21-22H2,1-5H3/b20-19+,31-26?/t23-,24-,25-,27-,30-/m1/s1. The van der Waals surface area contributed by atoms with Gasteiger partial charge in [-0.15, -0.1) is 0 Å². The number of ether oxygens (including phenoxy) is 1. The number of nitrogens with zero attached hydrogens (tertiary/aromatic N) is 1. The monoisotopic (exact) mass is 491 g/mol. The van der Waals surface area contributed by atoms with Gasteiger partial charge in [0.15, 0.2) is 6.04 Å². The van der Waals surface area contributed by atoms with Gasteiger partial charge in [0, 0.05) is 5.71 Å². The van der Waals surface area contributed by atoms with E-state index in [4.69, 9.17) is 4.74 Å². The summed E-state index contributed by atoms with van der Waals surface area (Å²) in [5.74, 6) is 0.0632. The number of aliphatic imine (C=N–C) groups is 1. The summed E-state index contributed by atoms with van der Waals surface area (Å²) in [5, 5.41) is 22.0. The number of aliphatic hydroxyl groups excluding tert-OH is 1. The number of carbonyl (C=O) groups excluding carboxylic acids is 1. The van der Waals surface area contributed by atoms with Gasteiger partial charge in [0.2, 0.25) is 0 Å². The molecule has 3 rings (SSSR count). The van der Waals surface area contributed by atoms with E-state index in [1.165, 1.54) is 64.2 Å². The van der Waals surface area contributed by atoms with Crippen LogP contribution in [0, 0.1) is 17.3 Å². The van der Waals surface area contributed by atoms with Gasteiger partial charge < -0.3 is 14.9 Å². The van der Waals surface area contributed by atoms with Gasteiger partial charge in [-0.1, -0.05) is 97.1 Å². The maximum absolute atomic E-state index is 12.6. The van der Waals surface area contributed by atoms with Crippen molar-refractivity contribution in [2.45, 2.75) is 142 Å². The Morgan fingerprint density at radius 1 is 1.03 bits per heavy atom. The topological polar surface area (TPSA) is 79.1 Å². The summed E-state index contributed by atoms with van der Waals surface area (Å²) in [6.07, 6.45) is 19.5. The molecule has 0 aromatic carbocycles. The van der Waals surface area contributed by atoms with E-state index in [1.807, 2.05) is 13.0 Å². The molecule has 0 radical (unpaired) electrons. The third-order valence-corrected chi connectivity index (χ3v) is 8.63. The lowest BCUT2D eigenvalue weighted by Gasteiger charge is -2.62. The van der Waals surface area contributed by atoms with Crippen LogP contribution in [0.15, 0.2) is 17.1 Å². The summed E-state index contributed by atoms with van der Waals surface area (Å²) >= 11 is 0. The van der Waals surface area contributed by atoms with Crippen LogP contribution in [0.4, 0.5) is 0 Å². The molecule has 0 amide bonds. The number of esters is 1. The molecule has 3 aliphatic rings. The number of hydrogen-bond donors (Lipinski definition) is 2. The van der Waals surface area contributed by atoms with E-state index in [2.05, 4.69) is 25.8 Å². The summed E-state index contributed by atoms with van der Waals surface area (Å²) < 4.78 is 5.21. The molecule has 0 heterocycles. The van der Waals surface area contributed by atoms with E-state index >= 15 is 0 Å². The number of allylic oxidation sites excluding steroid dienone is 1. The van der Waals surface area contributed by atoms with E-state index in [9.17, 15) is 15.0 Å². The van der Waals surface area contributed by atoms with Gasteiger partial charge in [-0.25, -0.2) is 4.79 Å². The molecule has 2 N–H and O–H groups in total. The number of carbonyl (C=O) groups is 1. The molecule has 5 nitrogen and oxygen atoms in total. The van der Waals surface area contributed by atoms with Crippen molar-refractivity contribution < 1.29 is 19.7 Å². The van der Waals surface area contributed by atoms with Gasteiger partial charge in [-0.05, 0) is 56.8 Å². The zero-order valence-corrected chi connectivity index (χ0v) is 23.2. The van der Waals surface area contributed by atoms with Crippen molar-refractivity contribution >= 4 is 11.7 Å². The molecule has 3 aliphatic carbocycles. The van der Waals surface area contributed by atoms with Crippen molar-refractivity contribution in [3.8, 4) is 0 Å². The highest BCUT2D eigenvalue weighted by atomic mass is 16.5. The second-order valence-corrected chi connectivity index (χ2v) is 11.7. The highest BCUT2D eigenvalue weighted by Gasteiger charge is 2.61. The highest BCUT2D eigenvalue weighted by molar-refractivity contribution is 5.96. The Hall–Kier alpha value is -1.20. The molecule has 0 aromatic rings. The fraction of sp³-hybridized carbons (Fsp3) is 0.867. The van der Waals surface area contributed by atoms with Crippen molar-refractivity contribution in [2.75, 3.05) is 6.61 Å². The average molecular weight is 492 g/mol. The zero-order valence-electron chi connectivity index (χ0n) is 23.2. The Kier molecular flexibility index (Phi) is 12.5. The Morgan fingerprint density at radius 3 is 2.11 bits per heavy atom. The van der Waals surface area contributed by atoms with Crippen molar-refractivity contribution in [3.05, 3.63) is 12.2 Å². The minimum atomic E-state index is -1.05. The number of rotatable bonds is 17. The molecule has 0 unspecified atom stereocenters. The first-order valence-electron chi connectivity index (χ1n) is 14.5. The molecule has 5 atom stereocenters. The predicted octanol–water partition coefficient (Wildman–Crippen LogP) is 6.79. The van der Waals surface area contributed by atoms with Crippen molar-refractivity contribution in [1.82, 2.24) is 0 Å². The maximum atomic E-state index is 12.6. The predicted molar refractivity (Wildman–Crippen MR) is 145 cm³/mol. The van der Waals surface area contributed by atoms with Gasteiger partial charge in [0.1, 0.15) is 11.7 Å². The van der Waals surface area contributed by atoms with Crippen LogP contribution >= 0.6 is 0 Å². The maximum Gasteiger partial charge on any atom is 0.333 e. The first-order valence-corrected chi connectivity index (χ1v) is 14.5. The van der Waals surface area contributed by atoms with E-state index < -0.39 is 23.7 Å². The van der Waals surface area contributed by atoms with Crippen LogP contribution in [0.25, 0.3) is 0 Å². The molecule has 3 saturated carbocycles. The van der Waals surface area contributed by atoms with Crippen molar-refractivity contribution in [2.24, 2.45) is 22.2 Å². The minimum Gasteiger partial charge on any atom is -0.464 e. The van der Waals surface area contributed by atoms with Crippen LogP contribution < -0.4 is 0 Å². The normalized spacial score (nSPS) is 28.1. The lowest BCUT2D eigenvalue weighted by Crippen LogP contribution is -2.65. The van der Waals surface area contributed by atoms with Crippen LogP contribution in [-0.4, -0.2) is 46.2 Å². The summed E-state index contributed by atoms with van der Waals surface area (Å²) in [6.45, 7) is 10.5. The Labute approximate surface area is 214 Å². The number of aliphatic hydroxyl groups is 2. The minimum absolute atomic E-state index is 0.0785. The molecule has 202 valence electrons. The average Bonchev–Trinajstić information content (AvgIpc) is 2.80. The van der Waals surface area contributed by atoms with Crippen LogP contribution in [0.1, 0.15) is 125 Å². The Morgan fingerprint density at radius 2 is 1.60 bits per heavy atom. The van der Waals surface area contributed by atoms with Gasteiger partial charge in [0.05, 0.1) is 6.61 Å². The molecular weight excluding hydrogens is 438 g/mol. The van der Waals surface area contributed by atoms with Crippen LogP contribution in [-0.2, 0) is 9.53 Å². The molecule has 3 fully saturated rings. The van der Waals surface area contributed by atoms with Gasteiger partial charge in [0.25, 0.3) is 0 Å². The third kappa shape index (κ3) is 8.42. The van der Waals surface area contributed by atoms with Crippen molar-refractivity contribution in [1.29, 1.82) is 0 Å². The number of fused-ring (bicyclic) bond motifs is 2. The Bertz CT molecular complexity index is 696. The van der Waals surface area contributed by atoms with Crippen molar-refractivity contribution in [3.63, 3.8) is 0 Å². The fourth-order valence-corrected chi connectivity index (χ4v) is 6.07. The van der Waals surface area contributed by atoms with Crippen LogP contribution in [0.2, 0.25) is 0 Å². The Balaban J connectivity index is 1.78. The van der Waals surface area contributed by atoms with Gasteiger partial charge in [-0.2, -0.15) is 0 Å². The van der Waals surface area contributed by atoms with E-state index in [0.29, 0.717) is 18.1 Å². The lowest BCUT2D eigenvalue weighted by atomic mass is 9.44. The second-order valence-electron chi connectivity index (χ2n) is 11.7. The molecule has 0 spiro atoms. The molecule has 5 heteroatoms. The molecule has 35 heavy (non-hydrogen) atoms. The quantitative estimate of drug-likeness (QED) is 0.133. The lowest BCUT2D eigenvalue weighted by molar-refractivity contribution is -0.147. The number of hydrogen-bond acceptors (Lipinski definition) is 5. The molecule has 0 aromatic heterocycles. The molecule has 0 aliphatic heterocycles. The summed E-state index contributed by atoms with van der Waals surface area (Å²) in [4.78, 5) is 17.2. The zero-order chi connectivity index (χ0) is 25.9. The molecular formula is C30H53NO4. The van der Waals surface area contributed by atoms with E-state index in [1.54, 1.807) is 13.0 Å². The largest absolute Gasteiger partial charge is 0.464 e. The van der Waals surface area contributed by atoms with Gasteiger partial charge in [-0.3, -0.25) is 4.99 Å². The SMILES string of the molecule is CCCCCCCCCCCCC/C=C/[C@@H](O)[C@@H](N=C1C[C@H]2C[C@H](C2(C)C)[C@@]1(C)O)C(=O)OCC. The first-order chi connectivity index (χ1) is 16.7. The summed E-state index contributed by atoms with van der Waals surface area (Å²) in [6, 6.07) is -1.02. The third-order valence-electron chi connectivity index (χ3n) is 8.63. The summed E-state index contributed by atoms with van der Waals surface area (Å²) in [7, 11) is 0. The van der Waals surface area contributed by atoms with E-state index in [-0.39, 0.29) is 17.9 Å². The molecule has 0 saturated heterocycles.